The molecule has 0 aliphatic carbocycles. The Morgan fingerprint density at radius 1 is 1.62 bits per heavy atom. The van der Waals surface area contributed by atoms with Crippen LogP contribution in [0.15, 0.2) is 12.2 Å². The molecule has 0 aliphatic heterocycles. The van der Waals surface area contributed by atoms with E-state index < -0.39 is 12.1 Å². The number of hydrogen-bond acceptors (Lipinski definition) is 3. The molecule has 0 rings (SSSR count). The van der Waals surface area contributed by atoms with Crippen LogP contribution >= 0.6 is 0 Å². The second kappa shape index (κ2) is 6.62. The summed E-state index contributed by atoms with van der Waals surface area (Å²) in [6.07, 6.45) is 3.34. The molecular weight excluding hydrogens is 170 g/mol. The van der Waals surface area contributed by atoms with Crippen molar-refractivity contribution in [3.8, 4) is 0 Å². The number of allylic oxidation sites excluding steroid dienone is 1. The third-order valence-corrected chi connectivity index (χ3v) is 1.57. The molecule has 0 aliphatic rings. The summed E-state index contributed by atoms with van der Waals surface area (Å²) in [5.74, 6) is -0.261. The van der Waals surface area contributed by atoms with E-state index in [1.165, 1.54) is 6.92 Å². The summed E-state index contributed by atoms with van der Waals surface area (Å²) in [6.45, 7) is 3.02. The van der Waals surface area contributed by atoms with Crippen LogP contribution in [-0.4, -0.2) is 34.9 Å². The van der Waals surface area contributed by atoms with E-state index in [1.54, 1.807) is 12.2 Å². The van der Waals surface area contributed by atoms with Gasteiger partial charge in [-0.2, -0.15) is 0 Å². The Hall–Kier alpha value is -0.870. The van der Waals surface area contributed by atoms with E-state index in [0.29, 0.717) is 0 Å². The Balaban J connectivity index is 4.06. The topological polar surface area (TPSA) is 69.6 Å². The summed E-state index contributed by atoms with van der Waals surface area (Å²) >= 11 is 0. The Morgan fingerprint density at radius 2 is 2.23 bits per heavy atom. The van der Waals surface area contributed by atoms with Crippen LogP contribution in [0.25, 0.3) is 0 Å². The van der Waals surface area contributed by atoms with Crippen LogP contribution in [0.1, 0.15) is 20.3 Å². The first kappa shape index (κ1) is 12.1. The van der Waals surface area contributed by atoms with Crippen LogP contribution in [0.5, 0.6) is 0 Å². The molecule has 4 heteroatoms. The molecule has 1 amide bonds. The van der Waals surface area contributed by atoms with Gasteiger partial charge in [-0.3, -0.25) is 4.79 Å². The second-order valence-corrected chi connectivity index (χ2v) is 2.82. The maximum absolute atomic E-state index is 10.6. The molecule has 0 radical (unpaired) electrons. The predicted octanol–water partition coefficient (Wildman–Crippen LogP) is -0.190. The Labute approximate surface area is 78.3 Å². The molecule has 0 spiro atoms. The minimum absolute atomic E-state index is 0.261. The number of carbonyl (C=O) groups is 1. The third kappa shape index (κ3) is 5.38. The zero-order valence-corrected chi connectivity index (χ0v) is 8.03. The molecule has 3 N–H and O–H groups in total. The number of hydrogen-bond donors (Lipinski definition) is 3. The quantitative estimate of drug-likeness (QED) is 0.522. The molecule has 4 nitrogen and oxygen atoms in total. The summed E-state index contributed by atoms with van der Waals surface area (Å²) in [7, 11) is 0. The zero-order valence-electron chi connectivity index (χ0n) is 8.03. The number of aliphatic hydroxyl groups is 2. The minimum atomic E-state index is -0.825. The van der Waals surface area contributed by atoms with Crippen LogP contribution < -0.4 is 5.32 Å². The molecule has 0 aromatic carbocycles. The van der Waals surface area contributed by atoms with Crippen LogP contribution in [0.2, 0.25) is 0 Å². The number of carbonyl (C=O) groups excluding carboxylic acids is 1. The highest BCUT2D eigenvalue weighted by molar-refractivity contribution is 5.73. The smallest absolute Gasteiger partial charge is 0.217 e. The normalized spacial score (nSPS) is 15.7. The Kier molecular flexibility index (Phi) is 6.18. The first-order chi connectivity index (χ1) is 6.11. The molecule has 0 heterocycles. The van der Waals surface area contributed by atoms with Crippen molar-refractivity contribution in [2.45, 2.75) is 32.4 Å². The van der Waals surface area contributed by atoms with Crippen LogP contribution in [-0.2, 0) is 4.79 Å². The summed E-state index contributed by atoms with van der Waals surface area (Å²) < 4.78 is 0. The molecule has 0 saturated heterocycles. The molecule has 13 heavy (non-hydrogen) atoms. The standard InChI is InChI=1S/C9H17NO3/c1-3-4-5-9(13)8(6-11)10-7(2)12/h4-5,8-9,11,13H,3,6H2,1-2H3,(H,10,12)/b5-4+/t8-,9+/m1/s1. The summed E-state index contributed by atoms with van der Waals surface area (Å²) in [5.41, 5.74) is 0. The molecular formula is C9H17NO3. The van der Waals surface area contributed by atoms with Gasteiger partial charge in [-0.1, -0.05) is 19.1 Å². The lowest BCUT2D eigenvalue weighted by Crippen LogP contribution is -2.44. The number of amides is 1. The zero-order chi connectivity index (χ0) is 10.3. The summed E-state index contributed by atoms with van der Waals surface area (Å²) in [6, 6.07) is -0.611. The van der Waals surface area contributed by atoms with Crippen molar-refractivity contribution in [3.63, 3.8) is 0 Å². The SMILES string of the molecule is CC/C=C/[C@H](O)[C@@H](CO)NC(C)=O. The van der Waals surface area contributed by atoms with Crippen molar-refractivity contribution in [1.29, 1.82) is 0 Å². The van der Waals surface area contributed by atoms with Crippen molar-refractivity contribution in [1.82, 2.24) is 5.32 Å². The van der Waals surface area contributed by atoms with Gasteiger partial charge >= 0.3 is 0 Å². The van der Waals surface area contributed by atoms with E-state index in [0.717, 1.165) is 6.42 Å². The molecule has 0 unspecified atom stereocenters. The highest BCUT2D eigenvalue weighted by Crippen LogP contribution is 1.96. The lowest BCUT2D eigenvalue weighted by molar-refractivity contribution is -0.120. The lowest BCUT2D eigenvalue weighted by atomic mass is 10.1. The maximum atomic E-state index is 10.6. The van der Waals surface area contributed by atoms with E-state index in [1.807, 2.05) is 6.92 Å². The molecule has 0 bridgehead atoms. The lowest BCUT2D eigenvalue weighted by Gasteiger charge is -2.18. The molecule has 0 saturated carbocycles. The van der Waals surface area contributed by atoms with Gasteiger partial charge in [-0.05, 0) is 6.42 Å². The van der Waals surface area contributed by atoms with E-state index >= 15 is 0 Å². The van der Waals surface area contributed by atoms with E-state index in [2.05, 4.69) is 5.32 Å². The molecule has 0 aromatic rings. The number of aliphatic hydroxyl groups excluding tert-OH is 2. The van der Waals surface area contributed by atoms with Crippen molar-refractivity contribution in [2.24, 2.45) is 0 Å². The van der Waals surface area contributed by atoms with Gasteiger partial charge in [0, 0.05) is 6.92 Å². The number of nitrogens with one attached hydrogen (secondary N) is 1. The largest absolute Gasteiger partial charge is 0.394 e. The van der Waals surface area contributed by atoms with Gasteiger partial charge in [0.05, 0.1) is 18.8 Å². The van der Waals surface area contributed by atoms with E-state index in [9.17, 15) is 9.90 Å². The third-order valence-electron chi connectivity index (χ3n) is 1.57. The van der Waals surface area contributed by atoms with Crippen LogP contribution in [0, 0.1) is 0 Å². The van der Waals surface area contributed by atoms with Gasteiger partial charge in [0.15, 0.2) is 0 Å². The van der Waals surface area contributed by atoms with Crippen molar-refractivity contribution in [3.05, 3.63) is 12.2 Å². The van der Waals surface area contributed by atoms with E-state index in [-0.39, 0.29) is 12.5 Å². The highest BCUT2D eigenvalue weighted by atomic mass is 16.3. The minimum Gasteiger partial charge on any atom is -0.394 e. The first-order valence-corrected chi connectivity index (χ1v) is 4.34. The fourth-order valence-electron chi connectivity index (χ4n) is 0.910. The van der Waals surface area contributed by atoms with Crippen molar-refractivity contribution < 1.29 is 15.0 Å². The summed E-state index contributed by atoms with van der Waals surface area (Å²) in [4.78, 5) is 10.6. The van der Waals surface area contributed by atoms with Gasteiger partial charge in [0.1, 0.15) is 0 Å². The van der Waals surface area contributed by atoms with Crippen molar-refractivity contribution in [2.75, 3.05) is 6.61 Å². The maximum Gasteiger partial charge on any atom is 0.217 e. The van der Waals surface area contributed by atoms with Gasteiger partial charge in [-0.15, -0.1) is 0 Å². The first-order valence-electron chi connectivity index (χ1n) is 4.34. The van der Waals surface area contributed by atoms with Crippen LogP contribution in [0.4, 0.5) is 0 Å². The van der Waals surface area contributed by atoms with Gasteiger partial charge < -0.3 is 15.5 Å². The second-order valence-electron chi connectivity index (χ2n) is 2.82. The van der Waals surface area contributed by atoms with Gasteiger partial charge in [0.2, 0.25) is 5.91 Å². The molecule has 0 fully saturated rings. The molecule has 0 aromatic heterocycles. The number of rotatable bonds is 5. The average molecular weight is 187 g/mol. The van der Waals surface area contributed by atoms with Gasteiger partial charge in [-0.25, -0.2) is 0 Å². The highest BCUT2D eigenvalue weighted by Gasteiger charge is 2.15. The Bertz CT molecular complexity index is 180. The fourth-order valence-corrected chi connectivity index (χ4v) is 0.910. The van der Waals surface area contributed by atoms with Crippen LogP contribution in [0.3, 0.4) is 0 Å². The van der Waals surface area contributed by atoms with Crippen molar-refractivity contribution >= 4 is 5.91 Å². The molecule has 2 atom stereocenters. The monoisotopic (exact) mass is 187 g/mol. The summed E-state index contributed by atoms with van der Waals surface area (Å²) in [5, 5.41) is 20.7. The predicted molar refractivity (Wildman–Crippen MR) is 50.1 cm³/mol. The fraction of sp³-hybridized carbons (Fsp3) is 0.667. The van der Waals surface area contributed by atoms with E-state index in [4.69, 9.17) is 5.11 Å². The Morgan fingerprint density at radius 3 is 2.62 bits per heavy atom. The molecule has 76 valence electrons. The van der Waals surface area contributed by atoms with Gasteiger partial charge in [0.25, 0.3) is 0 Å². The average Bonchev–Trinajstić information content (AvgIpc) is 2.09.